The largest absolute Gasteiger partial charge is 0.481 e. The molecule has 2 aromatic heterocycles. The molecule has 0 bridgehead atoms. The van der Waals surface area contributed by atoms with Crippen LogP contribution in [0.5, 0.6) is 5.75 Å². The Bertz CT molecular complexity index is 1260. The smallest absolute Gasteiger partial charge is 0.279 e. The number of carbonyl (C=O) groups is 2. The Hall–Kier alpha value is -4.33. The van der Waals surface area contributed by atoms with E-state index in [2.05, 4.69) is 20.8 Å². The Kier molecular flexibility index (Phi) is 6.03. The standard InChI is InChI=1S/C24H19FN4O3/c1-15(32-18-8-6-17(25)7-9-18)23(30)28-29-24(31)20-14-22(16-10-12-26-13-11-16)27-21-5-3-2-4-19(20)21/h2-15H,1H3,(H,28,30)(H,29,31). The summed E-state index contributed by atoms with van der Waals surface area (Å²) in [4.78, 5) is 33.9. The predicted octanol–water partition coefficient (Wildman–Crippen LogP) is 3.66. The average molecular weight is 430 g/mol. The van der Waals surface area contributed by atoms with Gasteiger partial charge in [-0.05, 0) is 55.5 Å². The molecule has 4 rings (SSSR count). The number of fused-ring (bicyclic) bond motifs is 1. The lowest BCUT2D eigenvalue weighted by Crippen LogP contribution is -2.47. The number of benzene rings is 2. The van der Waals surface area contributed by atoms with E-state index in [4.69, 9.17) is 4.74 Å². The van der Waals surface area contributed by atoms with Gasteiger partial charge >= 0.3 is 0 Å². The Morgan fingerprint density at radius 1 is 0.969 bits per heavy atom. The van der Waals surface area contributed by atoms with Gasteiger partial charge in [0.25, 0.3) is 11.8 Å². The van der Waals surface area contributed by atoms with Crippen molar-refractivity contribution in [3.63, 3.8) is 0 Å². The minimum Gasteiger partial charge on any atom is -0.481 e. The number of hydrogen-bond donors (Lipinski definition) is 2. The molecule has 8 heteroatoms. The Labute approximate surface area is 183 Å². The fourth-order valence-corrected chi connectivity index (χ4v) is 3.09. The van der Waals surface area contributed by atoms with Gasteiger partial charge in [-0.25, -0.2) is 9.37 Å². The first-order valence-corrected chi connectivity index (χ1v) is 9.84. The molecule has 0 fully saturated rings. The molecule has 2 N–H and O–H groups in total. The van der Waals surface area contributed by atoms with Crippen LogP contribution in [-0.2, 0) is 4.79 Å². The highest BCUT2D eigenvalue weighted by Crippen LogP contribution is 2.24. The molecule has 2 amide bonds. The zero-order valence-electron chi connectivity index (χ0n) is 17.1. The molecule has 32 heavy (non-hydrogen) atoms. The second-order valence-electron chi connectivity index (χ2n) is 6.97. The molecule has 0 saturated carbocycles. The molecule has 2 heterocycles. The summed E-state index contributed by atoms with van der Waals surface area (Å²) < 4.78 is 18.5. The molecule has 0 spiro atoms. The molecular formula is C24H19FN4O3. The van der Waals surface area contributed by atoms with Gasteiger partial charge in [0.05, 0.1) is 16.8 Å². The van der Waals surface area contributed by atoms with Crippen LogP contribution in [0, 0.1) is 5.82 Å². The second-order valence-corrected chi connectivity index (χ2v) is 6.97. The minimum atomic E-state index is -0.915. The van der Waals surface area contributed by atoms with Crippen molar-refractivity contribution in [2.75, 3.05) is 0 Å². The van der Waals surface area contributed by atoms with Gasteiger partial charge in [0.1, 0.15) is 11.6 Å². The van der Waals surface area contributed by atoms with E-state index in [9.17, 15) is 14.0 Å². The predicted molar refractivity (Wildman–Crippen MR) is 117 cm³/mol. The van der Waals surface area contributed by atoms with E-state index in [1.54, 1.807) is 36.7 Å². The van der Waals surface area contributed by atoms with Crippen molar-refractivity contribution >= 4 is 22.7 Å². The van der Waals surface area contributed by atoms with E-state index in [0.717, 1.165) is 5.56 Å². The lowest BCUT2D eigenvalue weighted by molar-refractivity contribution is -0.128. The highest BCUT2D eigenvalue weighted by Gasteiger charge is 2.18. The van der Waals surface area contributed by atoms with Crippen molar-refractivity contribution in [1.29, 1.82) is 0 Å². The maximum absolute atomic E-state index is 13.0. The molecule has 1 atom stereocenters. The third-order valence-electron chi connectivity index (χ3n) is 4.73. The molecule has 0 aliphatic carbocycles. The number of amides is 2. The van der Waals surface area contributed by atoms with E-state index in [1.165, 1.54) is 31.2 Å². The summed E-state index contributed by atoms with van der Waals surface area (Å²) in [7, 11) is 0. The second kappa shape index (κ2) is 9.22. The van der Waals surface area contributed by atoms with Crippen molar-refractivity contribution in [3.05, 3.63) is 90.5 Å². The molecule has 0 saturated heterocycles. The minimum absolute atomic E-state index is 0.336. The van der Waals surface area contributed by atoms with E-state index in [1.807, 2.05) is 18.2 Å². The van der Waals surface area contributed by atoms with Crippen molar-refractivity contribution in [2.45, 2.75) is 13.0 Å². The highest BCUT2D eigenvalue weighted by molar-refractivity contribution is 6.07. The molecule has 2 aromatic carbocycles. The van der Waals surface area contributed by atoms with Crippen LogP contribution in [0.15, 0.2) is 79.1 Å². The summed E-state index contributed by atoms with van der Waals surface area (Å²) in [6.45, 7) is 1.52. The summed E-state index contributed by atoms with van der Waals surface area (Å²) in [6.07, 6.45) is 2.38. The average Bonchev–Trinajstić information content (AvgIpc) is 2.83. The van der Waals surface area contributed by atoms with Gasteiger partial charge in [0, 0.05) is 23.3 Å². The topological polar surface area (TPSA) is 93.2 Å². The summed E-state index contributed by atoms with van der Waals surface area (Å²) in [5, 5.41) is 0.646. The van der Waals surface area contributed by atoms with Crippen molar-refractivity contribution in [3.8, 4) is 17.0 Å². The van der Waals surface area contributed by atoms with Gasteiger partial charge in [-0.15, -0.1) is 0 Å². The Morgan fingerprint density at radius 2 is 1.69 bits per heavy atom. The van der Waals surface area contributed by atoms with Gasteiger partial charge in [0.15, 0.2) is 6.10 Å². The normalized spacial score (nSPS) is 11.6. The van der Waals surface area contributed by atoms with Crippen LogP contribution in [0.2, 0.25) is 0 Å². The van der Waals surface area contributed by atoms with Gasteiger partial charge in [0.2, 0.25) is 0 Å². The number of carbonyl (C=O) groups excluding carboxylic acids is 2. The Balaban J connectivity index is 1.50. The number of ether oxygens (including phenoxy) is 1. The van der Waals surface area contributed by atoms with E-state index < -0.39 is 23.7 Å². The zero-order chi connectivity index (χ0) is 22.5. The Morgan fingerprint density at radius 3 is 2.44 bits per heavy atom. The molecule has 1 unspecified atom stereocenters. The van der Waals surface area contributed by atoms with Crippen LogP contribution in [-0.4, -0.2) is 27.9 Å². The number of nitrogens with zero attached hydrogens (tertiary/aromatic N) is 2. The summed E-state index contributed by atoms with van der Waals surface area (Å²) in [5.74, 6) is -1.13. The van der Waals surface area contributed by atoms with Crippen molar-refractivity contribution in [2.24, 2.45) is 0 Å². The lowest BCUT2D eigenvalue weighted by atomic mass is 10.0. The van der Waals surface area contributed by atoms with E-state index in [-0.39, 0.29) is 0 Å². The van der Waals surface area contributed by atoms with Crippen LogP contribution in [0.4, 0.5) is 4.39 Å². The fraction of sp³-hybridized carbons (Fsp3) is 0.0833. The SMILES string of the molecule is CC(Oc1ccc(F)cc1)C(=O)NNC(=O)c1cc(-c2ccncc2)nc2ccccc12. The number of hydrazine groups is 1. The molecule has 160 valence electrons. The third kappa shape index (κ3) is 4.70. The summed E-state index contributed by atoms with van der Waals surface area (Å²) in [6, 6.07) is 17.8. The van der Waals surface area contributed by atoms with E-state index in [0.29, 0.717) is 27.9 Å². The van der Waals surface area contributed by atoms with Gasteiger partial charge in [-0.2, -0.15) is 0 Å². The van der Waals surface area contributed by atoms with Crippen LogP contribution in [0.1, 0.15) is 17.3 Å². The number of rotatable bonds is 5. The zero-order valence-corrected chi connectivity index (χ0v) is 17.1. The molecule has 4 aromatic rings. The van der Waals surface area contributed by atoms with Crippen molar-refractivity contribution in [1.82, 2.24) is 20.8 Å². The molecule has 0 radical (unpaired) electrons. The van der Waals surface area contributed by atoms with Gasteiger partial charge in [-0.3, -0.25) is 25.4 Å². The number of nitrogens with one attached hydrogen (secondary N) is 2. The van der Waals surface area contributed by atoms with Gasteiger partial charge < -0.3 is 4.74 Å². The molecular weight excluding hydrogens is 411 g/mol. The summed E-state index contributed by atoms with van der Waals surface area (Å²) >= 11 is 0. The van der Waals surface area contributed by atoms with Crippen molar-refractivity contribution < 1.29 is 18.7 Å². The first kappa shape index (κ1) is 20.9. The highest BCUT2D eigenvalue weighted by atomic mass is 19.1. The number of pyridine rings is 2. The number of aromatic nitrogens is 2. The third-order valence-corrected chi connectivity index (χ3v) is 4.73. The van der Waals surface area contributed by atoms with Crippen LogP contribution < -0.4 is 15.6 Å². The molecule has 0 aliphatic rings. The number of hydrogen-bond acceptors (Lipinski definition) is 5. The monoisotopic (exact) mass is 430 g/mol. The lowest BCUT2D eigenvalue weighted by Gasteiger charge is -2.16. The number of halogens is 1. The first-order valence-electron chi connectivity index (χ1n) is 9.84. The maximum Gasteiger partial charge on any atom is 0.279 e. The molecule has 7 nitrogen and oxygen atoms in total. The molecule has 0 aliphatic heterocycles. The van der Waals surface area contributed by atoms with Crippen LogP contribution in [0.25, 0.3) is 22.2 Å². The number of para-hydroxylation sites is 1. The van der Waals surface area contributed by atoms with Crippen LogP contribution in [0.3, 0.4) is 0 Å². The van der Waals surface area contributed by atoms with E-state index >= 15 is 0 Å². The first-order chi connectivity index (χ1) is 15.5. The quantitative estimate of drug-likeness (QED) is 0.472. The maximum atomic E-state index is 13.0. The fourth-order valence-electron chi connectivity index (χ4n) is 3.09. The summed E-state index contributed by atoms with van der Waals surface area (Å²) in [5.41, 5.74) is 7.21. The van der Waals surface area contributed by atoms with Gasteiger partial charge in [-0.1, -0.05) is 18.2 Å². The van der Waals surface area contributed by atoms with Crippen LogP contribution >= 0.6 is 0 Å².